The first-order valence-electron chi connectivity index (χ1n) is 8.97. The molecule has 8 nitrogen and oxygen atoms in total. The molecule has 0 radical (unpaired) electrons. The van der Waals surface area contributed by atoms with Gasteiger partial charge in [0, 0.05) is 18.3 Å². The summed E-state index contributed by atoms with van der Waals surface area (Å²) in [4.78, 5) is 3.88. The van der Waals surface area contributed by atoms with E-state index in [1.165, 1.54) is 54.7 Å². The number of alkyl halides is 2. The number of rotatable bonds is 8. The minimum Gasteiger partial charge on any atom is -0.453 e. The fraction of sp³-hybridized carbons (Fsp3) is 0.150. The van der Waals surface area contributed by atoms with E-state index in [0.29, 0.717) is 5.75 Å². The van der Waals surface area contributed by atoms with E-state index in [4.69, 9.17) is 20.9 Å². The standard InChI is InChI=1S/C20H19F2N3O5S/c1-2-31(26,27)13-7-5-12(6-8-13)28-17-10-14(23)15(24)11-18(17)29-16-4-3-9-25-19(16)30-20(21)22/h3-11,20H,2,23-24H2,1H3. The van der Waals surface area contributed by atoms with Crippen LogP contribution in [0.4, 0.5) is 20.2 Å². The third-order valence-electron chi connectivity index (χ3n) is 4.10. The number of sulfone groups is 1. The van der Waals surface area contributed by atoms with Crippen molar-refractivity contribution in [2.24, 2.45) is 0 Å². The summed E-state index contributed by atoms with van der Waals surface area (Å²) in [5.41, 5.74) is 12.1. The van der Waals surface area contributed by atoms with Crippen molar-refractivity contribution in [1.29, 1.82) is 0 Å². The first-order valence-corrected chi connectivity index (χ1v) is 10.6. The number of nitrogens with zero attached hydrogens (tertiary/aromatic N) is 1. The number of hydrogen-bond donors (Lipinski definition) is 2. The fourth-order valence-corrected chi connectivity index (χ4v) is 3.39. The summed E-state index contributed by atoms with van der Waals surface area (Å²) in [6.07, 6.45) is 1.27. The molecule has 0 spiro atoms. The normalized spacial score (nSPS) is 11.4. The minimum atomic E-state index is -3.36. The highest BCUT2D eigenvalue weighted by atomic mass is 32.2. The van der Waals surface area contributed by atoms with Crippen LogP contribution in [-0.4, -0.2) is 25.8 Å². The minimum absolute atomic E-state index is 0.0339. The maximum atomic E-state index is 12.6. The highest BCUT2D eigenvalue weighted by molar-refractivity contribution is 7.91. The van der Waals surface area contributed by atoms with Crippen LogP contribution in [0.2, 0.25) is 0 Å². The molecule has 3 rings (SSSR count). The van der Waals surface area contributed by atoms with Crippen molar-refractivity contribution in [2.75, 3.05) is 17.2 Å². The molecule has 1 heterocycles. The van der Waals surface area contributed by atoms with Gasteiger partial charge in [-0.15, -0.1) is 0 Å². The molecular formula is C20H19F2N3O5S. The Morgan fingerprint density at radius 1 is 0.968 bits per heavy atom. The zero-order valence-corrected chi connectivity index (χ0v) is 17.1. The lowest BCUT2D eigenvalue weighted by Crippen LogP contribution is -2.05. The Hall–Kier alpha value is -3.60. The third kappa shape index (κ3) is 5.31. The SMILES string of the molecule is CCS(=O)(=O)c1ccc(Oc2cc(N)c(N)cc2Oc2cccnc2OC(F)F)cc1. The molecule has 31 heavy (non-hydrogen) atoms. The number of nitrogen functional groups attached to an aromatic ring is 2. The maximum Gasteiger partial charge on any atom is 0.388 e. The van der Waals surface area contributed by atoms with E-state index in [0.717, 1.165) is 0 Å². The van der Waals surface area contributed by atoms with Crippen molar-refractivity contribution in [3.63, 3.8) is 0 Å². The number of ether oxygens (including phenoxy) is 3. The Bertz CT molecular complexity index is 1170. The van der Waals surface area contributed by atoms with Gasteiger partial charge in [-0.3, -0.25) is 0 Å². The van der Waals surface area contributed by atoms with Gasteiger partial charge in [0.25, 0.3) is 5.88 Å². The van der Waals surface area contributed by atoms with E-state index >= 15 is 0 Å². The summed E-state index contributed by atoms with van der Waals surface area (Å²) in [5, 5.41) is 0. The molecule has 11 heteroatoms. The zero-order valence-electron chi connectivity index (χ0n) is 16.3. The summed E-state index contributed by atoms with van der Waals surface area (Å²) in [6, 6.07) is 11.4. The van der Waals surface area contributed by atoms with Crippen molar-refractivity contribution in [3.05, 3.63) is 54.7 Å². The molecule has 4 N–H and O–H groups in total. The van der Waals surface area contributed by atoms with Crippen LogP contribution in [0.15, 0.2) is 59.6 Å². The highest BCUT2D eigenvalue weighted by Gasteiger charge is 2.17. The molecule has 3 aromatic rings. The van der Waals surface area contributed by atoms with Crippen LogP contribution in [0, 0.1) is 0 Å². The van der Waals surface area contributed by atoms with Gasteiger partial charge in [0.1, 0.15) is 5.75 Å². The highest BCUT2D eigenvalue weighted by Crippen LogP contribution is 2.41. The molecule has 1 aromatic heterocycles. The van der Waals surface area contributed by atoms with E-state index in [2.05, 4.69) is 9.72 Å². The lowest BCUT2D eigenvalue weighted by molar-refractivity contribution is -0.0541. The van der Waals surface area contributed by atoms with Crippen LogP contribution in [0.25, 0.3) is 0 Å². The topological polar surface area (TPSA) is 127 Å². The largest absolute Gasteiger partial charge is 0.453 e. The summed E-state index contributed by atoms with van der Waals surface area (Å²) < 4.78 is 65.0. The predicted octanol–water partition coefficient (Wildman–Crippen LogP) is 4.23. The van der Waals surface area contributed by atoms with Crippen LogP contribution in [0.5, 0.6) is 28.9 Å². The van der Waals surface area contributed by atoms with Crippen LogP contribution in [-0.2, 0) is 9.84 Å². The number of nitrogens with two attached hydrogens (primary N) is 2. The van der Waals surface area contributed by atoms with Crippen LogP contribution in [0.1, 0.15) is 6.92 Å². The molecule has 0 aliphatic rings. The van der Waals surface area contributed by atoms with Crippen molar-refractivity contribution < 1.29 is 31.4 Å². The van der Waals surface area contributed by atoms with Crippen molar-refractivity contribution in [1.82, 2.24) is 4.98 Å². The second-order valence-corrected chi connectivity index (χ2v) is 8.47. The van der Waals surface area contributed by atoms with Gasteiger partial charge in [0.05, 0.1) is 22.0 Å². The molecule has 0 atom stereocenters. The van der Waals surface area contributed by atoms with Gasteiger partial charge >= 0.3 is 6.61 Å². The van der Waals surface area contributed by atoms with Gasteiger partial charge in [-0.05, 0) is 36.4 Å². The van der Waals surface area contributed by atoms with Crippen molar-refractivity contribution in [2.45, 2.75) is 18.4 Å². The molecule has 0 bridgehead atoms. The number of hydrogen-bond acceptors (Lipinski definition) is 8. The lowest BCUT2D eigenvalue weighted by atomic mass is 10.2. The Balaban J connectivity index is 1.93. The van der Waals surface area contributed by atoms with Gasteiger partial charge in [-0.25, -0.2) is 13.4 Å². The monoisotopic (exact) mass is 451 g/mol. The molecule has 0 saturated carbocycles. The zero-order chi connectivity index (χ0) is 22.6. The molecule has 0 amide bonds. The molecule has 0 aliphatic carbocycles. The van der Waals surface area contributed by atoms with E-state index in [9.17, 15) is 17.2 Å². The van der Waals surface area contributed by atoms with Gasteiger partial charge < -0.3 is 25.7 Å². The molecule has 2 aromatic carbocycles. The predicted molar refractivity (Wildman–Crippen MR) is 110 cm³/mol. The average Bonchev–Trinajstić information content (AvgIpc) is 2.73. The molecule has 0 fully saturated rings. The van der Waals surface area contributed by atoms with Crippen molar-refractivity contribution in [3.8, 4) is 28.9 Å². The van der Waals surface area contributed by atoms with Gasteiger partial charge in [-0.2, -0.15) is 8.78 Å². The quantitative estimate of drug-likeness (QED) is 0.487. The smallest absolute Gasteiger partial charge is 0.388 e. The van der Waals surface area contributed by atoms with E-state index in [1.54, 1.807) is 6.92 Å². The number of aromatic nitrogens is 1. The summed E-state index contributed by atoms with van der Waals surface area (Å²) >= 11 is 0. The maximum absolute atomic E-state index is 12.6. The Morgan fingerprint density at radius 3 is 2.16 bits per heavy atom. The molecule has 0 unspecified atom stereocenters. The third-order valence-corrected chi connectivity index (χ3v) is 5.85. The van der Waals surface area contributed by atoms with Crippen LogP contribution in [0.3, 0.4) is 0 Å². The molecule has 0 aliphatic heterocycles. The number of pyridine rings is 1. The van der Waals surface area contributed by atoms with Crippen LogP contribution >= 0.6 is 0 Å². The number of halogens is 2. The molecule has 0 saturated heterocycles. The average molecular weight is 451 g/mol. The van der Waals surface area contributed by atoms with E-state index < -0.39 is 22.3 Å². The second kappa shape index (κ2) is 9.04. The molecular weight excluding hydrogens is 432 g/mol. The summed E-state index contributed by atoms with van der Waals surface area (Å²) in [5.74, 6) is -0.0874. The lowest BCUT2D eigenvalue weighted by Gasteiger charge is -2.16. The van der Waals surface area contributed by atoms with Crippen LogP contribution < -0.4 is 25.7 Å². The Morgan fingerprint density at radius 2 is 1.58 bits per heavy atom. The second-order valence-electron chi connectivity index (χ2n) is 6.19. The van der Waals surface area contributed by atoms with Gasteiger partial charge in [0.2, 0.25) is 0 Å². The summed E-state index contributed by atoms with van der Waals surface area (Å²) in [7, 11) is -3.36. The van der Waals surface area contributed by atoms with Gasteiger partial charge in [-0.1, -0.05) is 6.92 Å². The number of anilines is 2. The van der Waals surface area contributed by atoms with E-state index in [1.807, 2.05) is 0 Å². The first kappa shape index (κ1) is 22.1. The fourth-order valence-electron chi connectivity index (χ4n) is 2.50. The Kier molecular flexibility index (Phi) is 6.44. The first-order chi connectivity index (χ1) is 14.7. The van der Waals surface area contributed by atoms with Gasteiger partial charge in [0.15, 0.2) is 27.1 Å². The molecule has 164 valence electrons. The Labute approximate surface area is 177 Å². The summed E-state index contributed by atoms with van der Waals surface area (Å²) in [6.45, 7) is -1.55. The van der Waals surface area contributed by atoms with Crippen molar-refractivity contribution >= 4 is 21.2 Å². The number of benzene rings is 2. The van der Waals surface area contributed by atoms with E-state index in [-0.39, 0.29) is 39.3 Å².